The summed E-state index contributed by atoms with van der Waals surface area (Å²) in [5, 5.41) is 0. The molecule has 1 atom stereocenters. The molecule has 0 radical (unpaired) electrons. The van der Waals surface area contributed by atoms with E-state index in [1.807, 2.05) is 4.90 Å². The lowest BCUT2D eigenvalue weighted by Crippen LogP contribution is -2.52. The normalized spacial score (nSPS) is 20.1. The van der Waals surface area contributed by atoms with Crippen LogP contribution < -0.4 is 4.90 Å². The second-order valence-electron chi connectivity index (χ2n) is 7.35. The van der Waals surface area contributed by atoms with E-state index in [2.05, 4.69) is 41.8 Å². The summed E-state index contributed by atoms with van der Waals surface area (Å²) in [5.41, 5.74) is 3.14. The summed E-state index contributed by atoms with van der Waals surface area (Å²) >= 11 is 0. The van der Waals surface area contributed by atoms with Crippen LogP contribution in [0, 0.1) is 6.92 Å². The van der Waals surface area contributed by atoms with Crippen molar-refractivity contribution in [2.24, 2.45) is 0 Å². The van der Waals surface area contributed by atoms with E-state index >= 15 is 0 Å². The van der Waals surface area contributed by atoms with Crippen molar-refractivity contribution in [3.05, 3.63) is 29.3 Å². The minimum atomic E-state index is 0.185. The van der Waals surface area contributed by atoms with Gasteiger partial charge in [0.15, 0.2) is 0 Å². The number of carbonyl (C=O) groups excluding carboxylic acids is 1. The summed E-state index contributed by atoms with van der Waals surface area (Å²) in [6, 6.07) is 6.72. The van der Waals surface area contributed by atoms with Crippen molar-refractivity contribution in [3.63, 3.8) is 0 Å². The molecule has 1 unspecified atom stereocenters. The van der Waals surface area contributed by atoms with E-state index in [0.717, 1.165) is 62.7 Å². The van der Waals surface area contributed by atoms with Crippen molar-refractivity contribution >= 4 is 11.6 Å². The zero-order chi connectivity index (χ0) is 17.8. The van der Waals surface area contributed by atoms with Gasteiger partial charge in [0.05, 0.1) is 12.2 Å². The molecule has 0 aliphatic carbocycles. The molecule has 2 heterocycles. The molecule has 2 aliphatic heterocycles. The summed E-state index contributed by atoms with van der Waals surface area (Å²) in [5.74, 6) is 0.185. The average molecular weight is 345 g/mol. The van der Waals surface area contributed by atoms with Crippen molar-refractivity contribution in [1.82, 2.24) is 9.80 Å². The Balaban J connectivity index is 1.70. The van der Waals surface area contributed by atoms with Crippen molar-refractivity contribution in [3.8, 4) is 0 Å². The maximum absolute atomic E-state index is 13.2. The Morgan fingerprint density at radius 1 is 1.12 bits per heavy atom. The summed E-state index contributed by atoms with van der Waals surface area (Å²) in [6.07, 6.45) is 2.44. The number of methoxy groups -OCH3 is 1. The zero-order valence-electron chi connectivity index (χ0n) is 15.8. The van der Waals surface area contributed by atoms with Crippen LogP contribution in [0.3, 0.4) is 0 Å². The van der Waals surface area contributed by atoms with Crippen LogP contribution in [-0.4, -0.2) is 74.7 Å². The van der Waals surface area contributed by atoms with Gasteiger partial charge in [0, 0.05) is 58.1 Å². The minimum absolute atomic E-state index is 0.185. The maximum Gasteiger partial charge on any atom is 0.256 e. The molecule has 0 aromatic heterocycles. The van der Waals surface area contributed by atoms with E-state index in [4.69, 9.17) is 4.74 Å². The molecule has 5 heteroatoms. The second kappa shape index (κ2) is 8.19. The van der Waals surface area contributed by atoms with Crippen LogP contribution in [0.5, 0.6) is 0 Å². The average Bonchev–Trinajstić information content (AvgIpc) is 3.16. The van der Waals surface area contributed by atoms with Crippen LogP contribution >= 0.6 is 0 Å². The minimum Gasteiger partial charge on any atom is -0.383 e. The second-order valence-corrected chi connectivity index (χ2v) is 7.35. The van der Waals surface area contributed by atoms with E-state index < -0.39 is 0 Å². The molecule has 138 valence electrons. The number of aryl methyl sites for hydroxylation is 1. The smallest absolute Gasteiger partial charge is 0.256 e. The number of piperazine rings is 1. The number of amides is 1. The molecule has 2 saturated heterocycles. The van der Waals surface area contributed by atoms with Gasteiger partial charge in [-0.25, -0.2) is 0 Å². The SMILES string of the molecule is COCC(C)N1CCN(C(=O)c2cc(C)ccc2N2CCCC2)CC1. The van der Waals surface area contributed by atoms with E-state index in [1.54, 1.807) is 7.11 Å². The summed E-state index contributed by atoms with van der Waals surface area (Å²) in [6.45, 7) is 10.5. The highest BCUT2D eigenvalue weighted by Crippen LogP contribution is 2.27. The molecule has 1 aromatic rings. The van der Waals surface area contributed by atoms with E-state index in [-0.39, 0.29) is 5.91 Å². The summed E-state index contributed by atoms with van der Waals surface area (Å²) < 4.78 is 5.26. The largest absolute Gasteiger partial charge is 0.383 e. The number of rotatable bonds is 5. The van der Waals surface area contributed by atoms with Crippen LogP contribution in [0.4, 0.5) is 5.69 Å². The fourth-order valence-electron chi connectivity index (χ4n) is 3.94. The molecule has 1 aromatic carbocycles. The van der Waals surface area contributed by atoms with Crippen LogP contribution in [-0.2, 0) is 4.74 Å². The first-order valence-corrected chi connectivity index (χ1v) is 9.48. The van der Waals surface area contributed by atoms with Gasteiger partial charge in [0.2, 0.25) is 0 Å². The monoisotopic (exact) mass is 345 g/mol. The lowest BCUT2D eigenvalue weighted by molar-refractivity contribution is 0.0449. The van der Waals surface area contributed by atoms with Gasteiger partial charge >= 0.3 is 0 Å². The molecule has 2 aliphatic rings. The highest BCUT2D eigenvalue weighted by atomic mass is 16.5. The summed E-state index contributed by atoms with van der Waals surface area (Å²) in [7, 11) is 1.74. The molecular formula is C20H31N3O2. The Labute approximate surface area is 151 Å². The van der Waals surface area contributed by atoms with Crippen molar-refractivity contribution in [2.45, 2.75) is 32.7 Å². The number of anilines is 1. The predicted molar refractivity (Wildman–Crippen MR) is 101 cm³/mol. The van der Waals surface area contributed by atoms with Gasteiger partial charge in [0.25, 0.3) is 5.91 Å². The Morgan fingerprint density at radius 2 is 1.80 bits per heavy atom. The molecule has 1 amide bonds. The summed E-state index contributed by atoms with van der Waals surface area (Å²) in [4.78, 5) is 20.0. The van der Waals surface area contributed by atoms with Crippen LogP contribution in [0.1, 0.15) is 35.7 Å². The van der Waals surface area contributed by atoms with Gasteiger partial charge in [-0.05, 0) is 38.8 Å². The van der Waals surface area contributed by atoms with Crippen LogP contribution in [0.2, 0.25) is 0 Å². The van der Waals surface area contributed by atoms with E-state index in [9.17, 15) is 4.79 Å². The van der Waals surface area contributed by atoms with Crippen molar-refractivity contribution in [1.29, 1.82) is 0 Å². The Morgan fingerprint density at radius 3 is 2.44 bits per heavy atom. The maximum atomic E-state index is 13.2. The molecule has 25 heavy (non-hydrogen) atoms. The van der Waals surface area contributed by atoms with E-state index in [1.165, 1.54) is 12.8 Å². The first-order chi connectivity index (χ1) is 12.1. The third-order valence-corrected chi connectivity index (χ3v) is 5.46. The standard InChI is InChI=1S/C20H31N3O2/c1-16-6-7-19(22-8-4-5-9-22)18(14-16)20(24)23-12-10-21(11-13-23)17(2)15-25-3/h6-7,14,17H,4-5,8-13,15H2,1-3H3. The lowest BCUT2D eigenvalue weighted by atomic mass is 10.1. The number of hydrogen-bond acceptors (Lipinski definition) is 4. The molecule has 2 fully saturated rings. The molecule has 0 saturated carbocycles. The van der Waals surface area contributed by atoms with Gasteiger partial charge < -0.3 is 14.5 Å². The fourth-order valence-corrected chi connectivity index (χ4v) is 3.94. The molecule has 0 bridgehead atoms. The first kappa shape index (κ1) is 18.2. The molecule has 5 nitrogen and oxygen atoms in total. The number of nitrogens with zero attached hydrogens (tertiary/aromatic N) is 3. The van der Waals surface area contributed by atoms with Gasteiger partial charge in [-0.3, -0.25) is 9.69 Å². The third-order valence-electron chi connectivity index (χ3n) is 5.46. The Kier molecular flexibility index (Phi) is 5.97. The van der Waals surface area contributed by atoms with Gasteiger partial charge in [0.1, 0.15) is 0 Å². The van der Waals surface area contributed by atoms with Crippen LogP contribution in [0.25, 0.3) is 0 Å². The van der Waals surface area contributed by atoms with Gasteiger partial charge in [-0.1, -0.05) is 11.6 Å². The highest BCUT2D eigenvalue weighted by molar-refractivity contribution is 6.00. The predicted octanol–water partition coefficient (Wildman–Crippen LogP) is 2.39. The Bertz CT molecular complexity index is 591. The third kappa shape index (κ3) is 4.15. The van der Waals surface area contributed by atoms with E-state index in [0.29, 0.717) is 6.04 Å². The molecule has 0 N–H and O–H groups in total. The van der Waals surface area contributed by atoms with Crippen molar-refractivity contribution in [2.75, 3.05) is 57.9 Å². The zero-order valence-corrected chi connectivity index (χ0v) is 15.8. The highest BCUT2D eigenvalue weighted by Gasteiger charge is 2.27. The number of benzene rings is 1. The number of hydrogen-bond donors (Lipinski definition) is 0. The number of carbonyl (C=O) groups is 1. The molecule has 0 spiro atoms. The van der Waals surface area contributed by atoms with Gasteiger partial charge in [-0.15, -0.1) is 0 Å². The topological polar surface area (TPSA) is 36.0 Å². The quantitative estimate of drug-likeness (QED) is 0.821. The Hall–Kier alpha value is -1.59. The molecule has 3 rings (SSSR count). The molecular weight excluding hydrogens is 314 g/mol. The first-order valence-electron chi connectivity index (χ1n) is 9.48. The van der Waals surface area contributed by atoms with Crippen LogP contribution in [0.15, 0.2) is 18.2 Å². The number of ether oxygens (including phenoxy) is 1. The fraction of sp³-hybridized carbons (Fsp3) is 0.650. The van der Waals surface area contributed by atoms with Gasteiger partial charge in [-0.2, -0.15) is 0 Å². The lowest BCUT2D eigenvalue weighted by Gasteiger charge is -2.38. The van der Waals surface area contributed by atoms with Crippen molar-refractivity contribution < 1.29 is 9.53 Å².